The number of ether oxygens (including phenoxy) is 1. The Balaban J connectivity index is 1.63. The van der Waals surface area contributed by atoms with E-state index in [0.29, 0.717) is 5.92 Å². The van der Waals surface area contributed by atoms with Gasteiger partial charge in [-0.1, -0.05) is 67.6 Å². The predicted octanol–water partition coefficient (Wildman–Crippen LogP) is 4.47. The Morgan fingerprint density at radius 3 is 2.05 bits per heavy atom. The van der Waals surface area contributed by atoms with Gasteiger partial charge < -0.3 is 4.74 Å². The molecule has 19 heavy (non-hydrogen) atoms. The third kappa shape index (κ3) is 5.27. The van der Waals surface area contributed by atoms with Crippen LogP contribution in [0.15, 0.2) is 60.7 Å². The van der Waals surface area contributed by atoms with Gasteiger partial charge in [0.1, 0.15) is 0 Å². The lowest BCUT2D eigenvalue weighted by atomic mass is 9.99. The van der Waals surface area contributed by atoms with Crippen molar-refractivity contribution in [3.05, 3.63) is 71.8 Å². The van der Waals surface area contributed by atoms with Crippen molar-refractivity contribution in [2.24, 2.45) is 5.92 Å². The number of hydrogen-bond donors (Lipinski definition) is 0. The average Bonchev–Trinajstić information content (AvgIpc) is 2.46. The summed E-state index contributed by atoms with van der Waals surface area (Å²) in [5, 5.41) is 0. The largest absolute Gasteiger partial charge is 0.377 e. The Hall–Kier alpha value is -1.60. The molecule has 2 rings (SSSR count). The van der Waals surface area contributed by atoms with Crippen molar-refractivity contribution >= 4 is 0 Å². The molecule has 0 aromatic heterocycles. The van der Waals surface area contributed by atoms with Crippen LogP contribution < -0.4 is 0 Å². The van der Waals surface area contributed by atoms with Crippen molar-refractivity contribution in [2.75, 3.05) is 6.61 Å². The van der Waals surface area contributed by atoms with E-state index in [-0.39, 0.29) is 0 Å². The van der Waals surface area contributed by atoms with Crippen molar-refractivity contribution < 1.29 is 4.74 Å². The minimum Gasteiger partial charge on any atom is -0.377 e. The molecule has 0 aliphatic rings. The maximum Gasteiger partial charge on any atom is 0.0716 e. The summed E-state index contributed by atoms with van der Waals surface area (Å²) in [6, 6.07) is 21.0. The van der Waals surface area contributed by atoms with Gasteiger partial charge in [0, 0.05) is 6.61 Å². The molecule has 0 spiro atoms. The average molecular weight is 254 g/mol. The van der Waals surface area contributed by atoms with E-state index < -0.39 is 0 Å². The maximum absolute atomic E-state index is 5.73. The molecule has 0 saturated heterocycles. The maximum atomic E-state index is 5.73. The van der Waals surface area contributed by atoms with Gasteiger partial charge in [0.25, 0.3) is 0 Å². The molecule has 1 heteroatoms. The van der Waals surface area contributed by atoms with Gasteiger partial charge in [0.2, 0.25) is 0 Å². The molecule has 0 fully saturated rings. The van der Waals surface area contributed by atoms with Crippen LogP contribution in [-0.4, -0.2) is 6.61 Å². The standard InChI is InChI=1S/C18H22O/c1-16(14-17-8-4-2-5-9-17)12-13-19-15-18-10-6-3-7-11-18/h2-11,16H,12-15H2,1H3. The summed E-state index contributed by atoms with van der Waals surface area (Å²) in [4.78, 5) is 0. The molecule has 2 aromatic rings. The van der Waals surface area contributed by atoms with E-state index in [1.165, 1.54) is 11.1 Å². The van der Waals surface area contributed by atoms with Gasteiger partial charge in [-0.25, -0.2) is 0 Å². The van der Waals surface area contributed by atoms with E-state index in [0.717, 1.165) is 26.1 Å². The lowest BCUT2D eigenvalue weighted by molar-refractivity contribution is 0.109. The summed E-state index contributed by atoms with van der Waals surface area (Å²) >= 11 is 0. The molecule has 0 saturated carbocycles. The van der Waals surface area contributed by atoms with Crippen LogP contribution in [0.1, 0.15) is 24.5 Å². The summed E-state index contributed by atoms with van der Waals surface area (Å²) < 4.78 is 5.73. The second-order valence-corrected chi connectivity index (χ2v) is 5.12. The van der Waals surface area contributed by atoms with Gasteiger partial charge in [-0.3, -0.25) is 0 Å². The summed E-state index contributed by atoms with van der Waals surface area (Å²) in [5.74, 6) is 0.665. The number of hydrogen-bond acceptors (Lipinski definition) is 1. The van der Waals surface area contributed by atoms with Gasteiger partial charge in [-0.2, -0.15) is 0 Å². The molecule has 1 nitrogen and oxygen atoms in total. The normalized spacial score (nSPS) is 12.3. The minimum absolute atomic E-state index is 0.665. The van der Waals surface area contributed by atoms with E-state index >= 15 is 0 Å². The molecule has 0 aliphatic heterocycles. The van der Waals surface area contributed by atoms with Crippen LogP contribution in [-0.2, 0) is 17.8 Å². The van der Waals surface area contributed by atoms with E-state index in [1.807, 2.05) is 6.07 Å². The summed E-state index contributed by atoms with van der Waals surface area (Å²) in [5.41, 5.74) is 2.66. The molecule has 0 bridgehead atoms. The lowest BCUT2D eigenvalue weighted by Gasteiger charge is -2.11. The molecule has 100 valence electrons. The van der Waals surface area contributed by atoms with Crippen LogP contribution >= 0.6 is 0 Å². The molecule has 0 amide bonds. The third-order valence-electron chi connectivity index (χ3n) is 3.29. The van der Waals surface area contributed by atoms with Crippen molar-refractivity contribution in [3.63, 3.8) is 0 Å². The van der Waals surface area contributed by atoms with Crippen LogP contribution in [0.4, 0.5) is 0 Å². The Labute approximate surface area is 116 Å². The fourth-order valence-electron chi connectivity index (χ4n) is 2.17. The van der Waals surface area contributed by atoms with Crippen LogP contribution in [0.2, 0.25) is 0 Å². The third-order valence-corrected chi connectivity index (χ3v) is 3.29. The Bertz CT molecular complexity index is 450. The summed E-state index contributed by atoms with van der Waals surface area (Å²) in [6.07, 6.45) is 2.25. The predicted molar refractivity (Wildman–Crippen MR) is 80.0 cm³/mol. The zero-order valence-corrected chi connectivity index (χ0v) is 11.6. The zero-order chi connectivity index (χ0) is 13.3. The van der Waals surface area contributed by atoms with E-state index in [2.05, 4.69) is 61.5 Å². The first-order valence-corrected chi connectivity index (χ1v) is 7.00. The highest BCUT2D eigenvalue weighted by atomic mass is 16.5. The van der Waals surface area contributed by atoms with Gasteiger partial charge in [-0.15, -0.1) is 0 Å². The molecular formula is C18H22O. The first-order valence-electron chi connectivity index (χ1n) is 7.00. The quantitative estimate of drug-likeness (QED) is 0.662. The second kappa shape index (κ2) is 7.75. The Morgan fingerprint density at radius 1 is 0.842 bits per heavy atom. The topological polar surface area (TPSA) is 9.23 Å². The summed E-state index contributed by atoms with van der Waals surface area (Å²) in [7, 11) is 0. The van der Waals surface area contributed by atoms with E-state index in [4.69, 9.17) is 4.74 Å². The first-order chi connectivity index (χ1) is 9.34. The van der Waals surface area contributed by atoms with Crippen LogP contribution in [0, 0.1) is 5.92 Å². The van der Waals surface area contributed by atoms with Crippen LogP contribution in [0.25, 0.3) is 0 Å². The summed E-state index contributed by atoms with van der Waals surface area (Å²) in [6.45, 7) is 3.85. The van der Waals surface area contributed by atoms with Crippen molar-refractivity contribution in [1.82, 2.24) is 0 Å². The molecule has 2 aromatic carbocycles. The Morgan fingerprint density at radius 2 is 1.42 bits per heavy atom. The molecule has 0 radical (unpaired) electrons. The van der Waals surface area contributed by atoms with Gasteiger partial charge >= 0.3 is 0 Å². The van der Waals surface area contributed by atoms with Gasteiger partial charge in [0.05, 0.1) is 6.61 Å². The van der Waals surface area contributed by atoms with Gasteiger partial charge in [0.15, 0.2) is 0 Å². The van der Waals surface area contributed by atoms with Crippen LogP contribution in [0.5, 0.6) is 0 Å². The molecule has 0 aliphatic carbocycles. The number of rotatable bonds is 7. The lowest BCUT2D eigenvalue weighted by Crippen LogP contribution is -2.05. The SMILES string of the molecule is CC(CCOCc1ccccc1)Cc1ccccc1. The first kappa shape index (κ1) is 13.8. The highest BCUT2D eigenvalue weighted by Gasteiger charge is 2.03. The van der Waals surface area contributed by atoms with Crippen LogP contribution in [0.3, 0.4) is 0 Å². The number of benzene rings is 2. The smallest absolute Gasteiger partial charge is 0.0716 e. The highest BCUT2D eigenvalue weighted by Crippen LogP contribution is 2.12. The molecular weight excluding hydrogens is 232 g/mol. The van der Waals surface area contributed by atoms with Crippen molar-refractivity contribution in [3.8, 4) is 0 Å². The molecule has 1 unspecified atom stereocenters. The molecule has 0 heterocycles. The monoisotopic (exact) mass is 254 g/mol. The second-order valence-electron chi connectivity index (χ2n) is 5.12. The van der Waals surface area contributed by atoms with E-state index in [9.17, 15) is 0 Å². The molecule has 0 N–H and O–H groups in total. The van der Waals surface area contributed by atoms with Gasteiger partial charge in [-0.05, 0) is 29.9 Å². The highest BCUT2D eigenvalue weighted by molar-refractivity contribution is 5.15. The fraction of sp³-hybridized carbons (Fsp3) is 0.333. The Kier molecular flexibility index (Phi) is 5.64. The van der Waals surface area contributed by atoms with Crippen molar-refractivity contribution in [1.29, 1.82) is 0 Å². The molecule has 1 atom stereocenters. The fourth-order valence-corrected chi connectivity index (χ4v) is 2.17. The van der Waals surface area contributed by atoms with Crippen molar-refractivity contribution in [2.45, 2.75) is 26.4 Å². The zero-order valence-electron chi connectivity index (χ0n) is 11.6. The van der Waals surface area contributed by atoms with E-state index in [1.54, 1.807) is 0 Å². The minimum atomic E-state index is 0.665.